The molecule has 0 saturated carbocycles. The topological polar surface area (TPSA) is 64.6 Å². The van der Waals surface area contributed by atoms with Crippen LogP contribution < -0.4 is 9.64 Å². The standard InChI is InChI=1S/C12H17N3O3/c1-8-6-11(14-12(13-8)17-3)15-4-5-18-10(7-15)9(2)16/h6,10H,4-5,7H2,1-3H3. The summed E-state index contributed by atoms with van der Waals surface area (Å²) < 4.78 is 10.5. The van der Waals surface area contributed by atoms with Gasteiger partial charge in [-0.15, -0.1) is 0 Å². The molecule has 0 bridgehead atoms. The highest BCUT2D eigenvalue weighted by Gasteiger charge is 2.25. The van der Waals surface area contributed by atoms with Crippen LogP contribution in [0, 0.1) is 6.92 Å². The zero-order valence-electron chi connectivity index (χ0n) is 10.8. The number of nitrogens with zero attached hydrogens (tertiary/aromatic N) is 3. The monoisotopic (exact) mass is 251 g/mol. The number of hydrogen-bond donors (Lipinski definition) is 0. The number of carbonyl (C=O) groups excluding carboxylic acids is 1. The normalized spacial score (nSPS) is 19.7. The Morgan fingerprint density at radius 1 is 1.56 bits per heavy atom. The Bertz CT molecular complexity index is 450. The Kier molecular flexibility index (Phi) is 3.76. The second kappa shape index (κ2) is 5.30. The van der Waals surface area contributed by atoms with Crippen LogP contribution in [0.3, 0.4) is 0 Å². The Labute approximate surface area is 106 Å². The van der Waals surface area contributed by atoms with E-state index >= 15 is 0 Å². The van der Waals surface area contributed by atoms with Crippen molar-refractivity contribution in [3.8, 4) is 6.01 Å². The number of hydrogen-bond acceptors (Lipinski definition) is 6. The van der Waals surface area contributed by atoms with Crippen LogP contribution in [0.5, 0.6) is 6.01 Å². The van der Waals surface area contributed by atoms with Gasteiger partial charge in [-0.1, -0.05) is 0 Å². The maximum absolute atomic E-state index is 11.4. The number of ketones is 1. The molecule has 1 atom stereocenters. The van der Waals surface area contributed by atoms with E-state index in [1.165, 1.54) is 7.11 Å². The first-order valence-electron chi connectivity index (χ1n) is 5.87. The summed E-state index contributed by atoms with van der Waals surface area (Å²) in [6.45, 7) is 5.19. The first kappa shape index (κ1) is 12.8. The molecule has 1 aromatic rings. The van der Waals surface area contributed by atoms with E-state index < -0.39 is 0 Å². The van der Waals surface area contributed by atoms with E-state index in [2.05, 4.69) is 9.97 Å². The van der Waals surface area contributed by atoms with Crippen LogP contribution in [0.25, 0.3) is 0 Å². The van der Waals surface area contributed by atoms with E-state index in [1.807, 2.05) is 17.9 Å². The molecule has 98 valence electrons. The molecular formula is C12H17N3O3. The number of aryl methyl sites for hydroxylation is 1. The van der Waals surface area contributed by atoms with E-state index in [9.17, 15) is 4.79 Å². The number of rotatable bonds is 3. The fraction of sp³-hybridized carbons (Fsp3) is 0.583. The fourth-order valence-corrected chi connectivity index (χ4v) is 1.88. The molecule has 0 amide bonds. The van der Waals surface area contributed by atoms with Crippen molar-refractivity contribution in [1.82, 2.24) is 9.97 Å². The molecule has 0 spiro atoms. The number of morpholine rings is 1. The summed E-state index contributed by atoms with van der Waals surface area (Å²) in [6, 6.07) is 2.22. The van der Waals surface area contributed by atoms with Crippen molar-refractivity contribution >= 4 is 11.6 Å². The lowest BCUT2D eigenvalue weighted by atomic mass is 10.2. The first-order chi connectivity index (χ1) is 8.60. The smallest absolute Gasteiger partial charge is 0.318 e. The highest BCUT2D eigenvalue weighted by molar-refractivity contribution is 5.81. The van der Waals surface area contributed by atoms with Gasteiger partial charge in [0, 0.05) is 18.3 Å². The van der Waals surface area contributed by atoms with Gasteiger partial charge in [0.25, 0.3) is 0 Å². The molecule has 2 heterocycles. The van der Waals surface area contributed by atoms with Crippen LogP contribution in [0.15, 0.2) is 6.07 Å². The Morgan fingerprint density at radius 2 is 2.33 bits per heavy atom. The summed E-state index contributed by atoms with van der Waals surface area (Å²) in [5.41, 5.74) is 0.836. The second-order valence-electron chi connectivity index (χ2n) is 4.27. The van der Waals surface area contributed by atoms with Gasteiger partial charge in [0.05, 0.1) is 20.3 Å². The molecule has 1 aliphatic heterocycles. The molecule has 1 saturated heterocycles. The van der Waals surface area contributed by atoms with E-state index in [4.69, 9.17) is 9.47 Å². The predicted molar refractivity (Wildman–Crippen MR) is 66.0 cm³/mol. The molecule has 18 heavy (non-hydrogen) atoms. The lowest BCUT2D eigenvalue weighted by molar-refractivity contribution is -0.128. The Hall–Kier alpha value is -1.69. The minimum Gasteiger partial charge on any atom is -0.467 e. The van der Waals surface area contributed by atoms with Crippen molar-refractivity contribution in [3.63, 3.8) is 0 Å². The van der Waals surface area contributed by atoms with Crippen LogP contribution in [0.4, 0.5) is 5.82 Å². The average Bonchev–Trinajstić information content (AvgIpc) is 2.38. The summed E-state index contributed by atoms with van der Waals surface area (Å²) in [6.07, 6.45) is -0.375. The van der Waals surface area contributed by atoms with Gasteiger partial charge in [0.2, 0.25) is 0 Å². The van der Waals surface area contributed by atoms with Gasteiger partial charge < -0.3 is 14.4 Å². The molecule has 1 aliphatic rings. The third kappa shape index (κ3) is 2.76. The van der Waals surface area contributed by atoms with Gasteiger partial charge in [-0.3, -0.25) is 4.79 Å². The van der Waals surface area contributed by atoms with Crippen molar-refractivity contribution in [3.05, 3.63) is 11.8 Å². The summed E-state index contributed by atoms with van der Waals surface area (Å²) in [7, 11) is 1.54. The molecule has 0 aliphatic carbocycles. The minimum absolute atomic E-state index is 0.0393. The van der Waals surface area contributed by atoms with Crippen molar-refractivity contribution in [1.29, 1.82) is 0 Å². The number of anilines is 1. The van der Waals surface area contributed by atoms with Crippen molar-refractivity contribution in [2.75, 3.05) is 31.7 Å². The lowest BCUT2D eigenvalue weighted by Gasteiger charge is -2.32. The Balaban J connectivity index is 2.20. The van der Waals surface area contributed by atoms with Crippen LogP contribution in [0.1, 0.15) is 12.6 Å². The summed E-state index contributed by atoms with van der Waals surface area (Å²) in [5, 5.41) is 0. The van der Waals surface area contributed by atoms with Gasteiger partial charge in [0.15, 0.2) is 5.78 Å². The molecular weight excluding hydrogens is 234 g/mol. The number of Topliss-reactive ketones (excluding diaryl/α,β-unsaturated/α-hetero) is 1. The summed E-state index contributed by atoms with van der Waals surface area (Å²) >= 11 is 0. The molecule has 0 N–H and O–H groups in total. The van der Waals surface area contributed by atoms with Gasteiger partial charge in [0.1, 0.15) is 11.9 Å². The maximum Gasteiger partial charge on any atom is 0.318 e. The molecule has 0 radical (unpaired) electrons. The van der Waals surface area contributed by atoms with E-state index in [1.54, 1.807) is 6.92 Å². The highest BCUT2D eigenvalue weighted by atomic mass is 16.5. The van der Waals surface area contributed by atoms with Gasteiger partial charge >= 0.3 is 6.01 Å². The summed E-state index contributed by atoms with van der Waals surface area (Å²) in [4.78, 5) is 21.8. The molecule has 1 aromatic heterocycles. The third-order valence-electron chi connectivity index (χ3n) is 2.85. The SMILES string of the molecule is COc1nc(C)cc(N2CCOC(C(C)=O)C2)n1. The number of ether oxygens (including phenoxy) is 2. The van der Waals surface area contributed by atoms with Crippen molar-refractivity contribution < 1.29 is 14.3 Å². The lowest BCUT2D eigenvalue weighted by Crippen LogP contribution is -2.45. The maximum atomic E-state index is 11.4. The molecule has 6 heteroatoms. The van der Waals surface area contributed by atoms with Gasteiger partial charge in [-0.25, -0.2) is 4.98 Å². The first-order valence-corrected chi connectivity index (χ1v) is 5.87. The molecule has 2 rings (SSSR count). The zero-order valence-corrected chi connectivity index (χ0v) is 10.8. The van der Waals surface area contributed by atoms with E-state index in [0.717, 1.165) is 11.5 Å². The molecule has 1 fully saturated rings. The van der Waals surface area contributed by atoms with Crippen molar-refractivity contribution in [2.24, 2.45) is 0 Å². The van der Waals surface area contributed by atoms with Crippen LogP contribution in [0.2, 0.25) is 0 Å². The quantitative estimate of drug-likeness (QED) is 0.783. The number of carbonyl (C=O) groups is 1. The second-order valence-corrected chi connectivity index (χ2v) is 4.27. The summed E-state index contributed by atoms with van der Waals surface area (Å²) in [5.74, 6) is 0.811. The van der Waals surface area contributed by atoms with E-state index in [0.29, 0.717) is 25.7 Å². The van der Waals surface area contributed by atoms with Gasteiger partial charge in [-0.05, 0) is 13.8 Å². The fourth-order valence-electron chi connectivity index (χ4n) is 1.88. The molecule has 1 unspecified atom stereocenters. The van der Waals surface area contributed by atoms with Crippen LogP contribution in [-0.4, -0.2) is 48.7 Å². The number of aromatic nitrogens is 2. The highest BCUT2D eigenvalue weighted by Crippen LogP contribution is 2.19. The molecule has 6 nitrogen and oxygen atoms in total. The largest absolute Gasteiger partial charge is 0.467 e. The van der Waals surface area contributed by atoms with Gasteiger partial charge in [-0.2, -0.15) is 4.98 Å². The van der Waals surface area contributed by atoms with Crippen LogP contribution in [-0.2, 0) is 9.53 Å². The van der Waals surface area contributed by atoms with E-state index in [-0.39, 0.29) is 11.9 Å². The average molecular weight is 251 g/mol. The number of methoxy groups -OCH3 is 1. The zero-order chi connectivity index (χ0) is 13.1. The van der Waals surface area contributed by atoms with Crippen molar-refractivity contribution in [2.45, 2.75) is 20.0 Å². The predicted octanol–water partition coefficient (Wildman–Crippen LogP) is 0.588. The minimum atomic E-state index is -0.375. The molecule has 0 aromatic carbocycles. The third-order valence-corrected chi connectivity index (χ3v) is 2.85. The van der Waals surface area contributed by atoms with Crippen LogP contribution >= 0.6 is 0 Å². The Morgan fingerprint density at radius 3 is 3.00 bits per heavy atom.